The number of nitrogens with two attached hydrogens (primary N) is 1. The summed E-state index contributed by atoms with van der Waals surface area (Å²) in [7, 11) is 0. The van der Waals surface area contributed by atoms with Crippen molar-refractivity contribution in [3.8, 4) is 11.5 Å². The molecule has 0 saturated heterocycles. The van der Waals surface area contributed by atoms with Crippen molar-refractivity contribution in [2.75, 3.05) is 17.2 Å². The molecular formula is C16H18N2O3. The van der Waals surface area contributed by atoms with Crippen molar-refractivity contribution in [3.05, 3.63) is 48.0 Å². The van der Waals surface area contributed by atoms with Crippen LogP contribution in [0.5, 0.6) is 11.5 Å². The van der Waals surface area contributed by atoms with Gasteiger partial charge in [-0.3, -0.25) is 4.79 Å². The average molecular weight is 286 g/mol. The predicted molar refractivity (Wildman–Crippen MR) is 82.6 cm³/mol. The Hall–Kier alpha value is -2.69. The molecule has 0 spiro atoms. The Balaban J connectivity index is 2.37. The van der Waals surface area contributed by atoms with Crippen molar-refractivity contribution in [1.82, 2.24) is 0 Å². The summed E-state index contributed by atoms with van der Waals surface area (Å²) in [6.07, 6.45) is 0.782. The fourth-order valence-corrected chi connectivity index (χ4v) is 2.08. The summed E-state index contributed by atoms with van der Waals surface area (Å²) in [4.78, 5) is 14.2. The topological polar surface area (TPSA) is 86.8 Å². The molecule has 0 unspecified atom stereocenters. The average Bonchev–Trinajstić information content (AvgIpc) is 2.47. The Morgan fingerprint density at radius 3 is 2.52 bits per heavy atom. The van der Waals surface area contributed by atoms with Crippen LogP contribution in [0, 0.1) is 0 Å². The highest BCUT2D eigenvalue weighted by molar-refractivity contribution is 6.06. The molecule has 21 heavy (non-hydrogen) atoms. The maximum absolute atomic E-state index is 12.6. The second-order valence-corrected chi connectivity index (χ2v) is 4.76. The van der Waals surface area contributed by atoms with Crippen molar-refractivity contribution in [1.29, 1.82) is 0 Å². The third-order valence-corrected chi connectivity index (χ3v) is 3.10. The van der Waals surface area contributed by atoms with E-state index in [1.165, 1.54) is 18.2 Å². The van der Waals surface area contributed by atoms with Crippen molar-refractivity contribution in [2.24, 2.45) is 0 Å². The van der Waals surface area contributed by atoms with E-state index in [4.69, 9.17) is 5.73 Å². The molecule has 0 aliphatic carbocycles. The summed E-state index contributed by atoms with van der Waals surface area (Å²) < 4.78 is 0. The van der Waals surface area contributed by atoms with Crippen LogP contribution in [0.25, 0.3) is 0 Å². The minimum Gasteiger partial charge on any atom is -0.504 e. The van der Waals surface area contributed by atoms with E-state index in [-0.39, 0.29) is 17.4 Å². The summed E-state index contributed by atoms with van der Waals surface area (Å²) in [5.41, 5.74) is 7.35. The van der Waals surface area contributed by atoms with E-state index in [1.54, 1.807) is 23.1 Å². The Morgan fingerprint density at radius 2 is 1.90 bits per heavy atom. The molecule has 2 rings (SSSR count). The Morgan fingerprint density at radius 1 is 1.14 bits per heavy atom. The third-order valence-electron chi connectivity index (χ3n) is 3.10. The largest absolute Gasteiger partial charge is 0.504 e. The fourth-order valence-electron chi connectivity index (χ4n) is 2.08. The molecule has 0 aromatic heterocycles. The number of carbonyl (C=O) groups excluding carboxylic acids is 1. The number of aromatic hydroxyl groups is 2. The summed E-state index contributed by atoms with van der Waals surface area (Å²) >= 11 is 0. The summed E-state index contributed by atoms with van der Waals surface area (Å²) in [6.45, 7) is 2.50. The number of hydrogen-bond acceptors (Lipinski definition) is 4. The number of rotatable bonds is 4. The Bertz CT molecular complexity index is 656. The summed E-state index contributed by atoms with van der Waals surface area (Å²) in [5, 5.41) is 18.9. The summed E-state index contributed by atoms with van der Waals surface area (Å²) in [5.74, 6) is -0.819. The minimum atomic E-state index is -0.315. The van der Waals surface area contributed by atoms with Crippen molar-refractivity contribution in [2.45, 2.75) is 13.3 Å². The van der Waals surface area contributed by atoms with Crippen LogP contribution in [0.15, 0.2) is 42.5 Å². The van der Waals surface area contributed by atoms with E-state index < -0.39 is 0 Å². The van der Waals surface area contributed by atoms with Crippen LogP contribution in [-0.2, 0) is 0 Å². The molecule has 4 N–H and O–H groups in total. The molecule has 1 amide bonds. The minimum absolute atomic E-state index is 0.252. The lowest BCUT2D eigenvalue weighted by molar-refractivity contribution is 0.0986. The van der Waals surface area contributed by atoms with Crippen LogP contribution >= 0.6 is 0 Å². The third kappa shape index (κ3) is 3.25. The number of nitrogen functional groups attached to an aromatic ring is 1. The van der Waals surface area contributed by atoms with Gasteiger partial charge < -0.3 is 20.8 Å². The number of nitrogens with zero attached hydrogens (tertiary/aromatic N) is 1. The molecule has 0 heterocycles. The zero-order valence-corrected chi connectivity index (χ0v) is 11.8. The van der Waals surface area contributed by atoms with Crippen LogP contribution in [0.4, 0.5) is 11.4 Å². The number of benzene rings is 2. The smallest absolute Gasteiger partial charge is 0.258 e. The SMILES string of the molecule is CCCN(C(=O)c1ccc(O)c(O)c1)c1cccc(N)c1. The second-order valence-electron chi connectivity index (χ2n) is 4.76. The van der Waals surface area contributed by atoms with Gasteiger partial charge in [0, 0.05) is 23.5 Å². The Kier molecular flexibility index (Phi) is 4.33. The number of hydrogen-bond donors (Lipinski definition) is 3. The number of carbonyl (C=O) groups is 1. The molecule has 0 aliphatic rings. The molecule has 0 fully saturated rings. The molecule has 0 atom stereocenters. The maximum Gasteiger partial charge on any atom is 0.258 e. The van der Waals surface area contributed by atoms with Gasteiger partial charge in [-0.15, -0.1) is 0 Å². The van der Waals surface area contributed by atoms with Gasteiger partial charge in [-0.05, 0) is 42.8 Å². The van der Waals surface area contributed by atoms with Gasteiger partial charge >= 0.3 is 0 Å². The highest BCUT2D eigenvalue weighted by Gasteiger charge is 2.18. The number of amides is 1. The predicted octanol–water partition coefficient (Wildman–Crippen LogP) is 2.74. The van der Waals surface area contributed by atoms with E-state index in [1.807, 2.05) is 13.0 Å². The van der Waals surface area contributed by atoms with Gasteiger partial charge in [0.25, 0.3) is 5.91 Å². The first kappa shape index (κ1) is 14.7. The molecule has 110 valence electrons. The highest BCUT2D eigenvalue weighted by atomic mass is 16.3. The van der Waals surface area contributed by atoms with Gasteiger partial charge in [0.1, 0.15) is 0 Å². The van der Waals surface area contributed by atoms with E-state index in [0.29, 0.717) is 23.5 Å². The lowest BCUT2D eigenvalue weighted by Crippen LogP contribution is -2.31. The van der Waals surface area contributed by atoms with Gasteiger partial charge in [-0.25, -0.2) is 0 Å². The molecule has 0 saturated carbocycles. The monoisotopic (exact) mass is 286 g/mol. The number of anilines is 2. The van der Waals surface area contributed by atoms with Crippen molar-refractivity contribution in [3.63, 3.8) is 0 Å². The standard InChI is InChI=1S/C16H18N2O3/c1-2-8-18(13-5-3-4-12(17)10-13)16(21)11-6-7-14(19)15(20)9-11/h3-7,9-10,19-20H,2,8,17H2,1H3. The summed E-state index contributed by atoms with van der Waals surface area (Å²) in [6, 6.07) is 11.1. The first-order chi connectivity index (χ1) is 10.0. The van der Waals surface area contributed by atoms with Crippen molar-refractivity contribution >= 4 is 17.3 Å². The molecule has 2 aromatic rings. The first-order valence-corrected chi connectivity index (χ1v) is 6.72. The Labute approximate surface area is 123 Å². The maximum atomic E-state index is 12.6. The molecule has 0 bridgehead atoms. The molecule has 5 nitrogen and oxygen atoms in total. The molecule has 0 radical (unpaired) electrons. The fraction of sp³-hybridized carbons (Fsp3) is 0.188. The zero-order chi connectivity index (χ0) is 15.4. The molecule has 5 heteroatoms. The molecular weight excluding hydrogens is 268 g/mol. The quantitative estimate of drug-likeness (QED) is 0.596. The van der Waals surface area contributed by atoms with Crippen molar-refractivity contribution < 1.29 is 15.0 Å². The van der Waals surface area contributed by atoms with Crippen LogP contribution in [0.2, 0.25) is 0 Å². The van der Waals surface area contributed by atoms with E-state index in [0.717, 1.165) is 6.42 Å². The highest BCUT2D eigenvalue weighted by Crippen LogP contribution is 2.27. The second kappa shape index (κ2) is 6.17. The normalized spacial score (nSPS) is 10.3. The lowest BCUT2D eigenvalue weighted by atomic mass is 10.1. The molecule has 0 aliphatic heterocycles. The lowest BCUT2D eigenvalue weighted by Gasteiger charge is -2.23. The molecule has 2 aromatic carbocycles. The van der Waals surface area contributed by atoms with E-state index >= 15 is 0 Å². The van der Waals surface area contributed by atoms with Gasteiger partial charge in [-0.1, -0.05) is 13.0 Å². The van der Waals surface area contributed by atoms with E-state index in [9.17, 15) is 15.0 Å². The van der Waals surface area contributed by atoms with Gasteiger partial charge in [0.2, 0.25) is 0 Å². The van der Waals surface area contributed by atoms with E-state index in [2.05, 4.69) is 0 Å². The van der Waals surface area contributed by atoms with Crippen LogP contribution in [-0.4, -0.2) is 22.7 Å². The van der Waals surface area contributed by atoms with Gasteiger partial charge in [-0.2, -0.15) is 0 Å². The first-order valence-electron chi connectivity index (χ1n) is 6.72. The number of phenolic OH excluding ortho intramolecular Hbond substituents is 2. The van der Waals surface area contributed by atoms with Crippen LogP contribution in [0.3, 0.4) is 0 Å². The zero-order valence-electron chi connectivity index (χ0n) is 11.8. The van der Waals surface area contributed by atoms with Crippen LogP contribution < -0.4 is 10.6 Å². The van der Waals surface area contributed by atoms with Crippen LogP contribution in [0.1, 0.15) is 23.7 Å². The van der Waals surface area contributed by atoms with Gasteiger partial charge in [0.15, 0.2) is 11.5 Å². The number of phenols is 2. The van der Waals surface area contributed by atoms with Gasteiger partial charge in [0.05, 0.1) is 0 Å².